The number of benzene rings is 2. The van der Waals surface area contributed by atoms with Gasteiger partial charge in [0.2, 0.25) is 5.91 Å². The van der Waals surface area contributed by atoms with Gasteiger partial charge in [0.25, 0.3) is 10.0 Å². The van der Waals surface area contributed by atoms with Gasteiger partial charge in [0.1, 0.15) is 21.6 Å². The Kier molecular flexibility index (Phi) is 6.15. The van der Waals surface area contributed by atoms with Gasteiger partial charge in [0, 0.05) is 12.4 Å². The third-order valence-corrected chi connectivity index (χ3v) is 8.25. The van der Waals surface area contributed by atoms with Gasteiger partial charge in [0.05, 0.1) is 10.9 Å². The van der Waals surface area contributed by atoms with E-state index in [1.54, 1.807) is 0 Å². The molecule has 2 heterocycles. The first-order valence-electron chi connectivity index (χ1n) is 9.39. The second kappa shape index (κ2) is 8.84. The molecule has 4 rings (SSSR count). The molecule has 9 heteroatoms. The molecule has 1 unspecified atom stereocenters. The van der Waals surface area contributed by atoms with Crippen LogP contribution in [0.1, 0.15) is 17.4 Å². The van der Waals surface area contributed by atoms with Gasteiger partial charge < -0.3 is 9.73 Å². The van der Waals surface area contributed by atoms with Crippen molar-refractivity contribution in [3.63, 3.8) is 0 Å². The molecule has 0 aliphatic carbocycles. The van der Waals surface area contributed by atoms with E-state index in [0.29, 0.717) is 15.7 Å². The Balaban J connectivity index is 1.57. The number of para-hydroxylation sites is 1. The molecule has 0 saturated carbocycles. The van der Waals surface area contributed by atoms with Gasteiger partial charge in [-0.1, -0.05) is 60.1 Å². The van der Waals surface area contributed by atoms with E-state index >= 15 is 0 Å². The van der Waals surface area contributed by atoms with Crippen LogP contribution in [0.4, 0.5) is 0 Å². The van der Waals surface area contributed by atoms with E-state index in [-0.39, 0.29) is 10.8 Å². The average molecular weight is 475 g/mol. The molecule has 0 radical (unpaired) electrons. The summed E-state index contributed by atoms with van der Waals surface area (Å²) < 4.78 is 32.8. The van der Waals surface area contributed by atoms with Crippen molar-refractivity contribution in [3.05, 3.63) is 88.5 Å². The minimum absolute atomic E-state index is 0.0877. The largest absolute Gasteiger partial charge is 0.459 e. The maximum absolute atomic E-state index is 12.8. The van der Waals surface area contributed by atoms with E-state index in [1.165, 1.54) is 19.2 Å². The molecule has 0 spiro atoms. The number of nitrogens with one attached hydrogen (secondary N) is 1. The van der Waals surface area contributed by atoms with E-state index in [2.05, 4.69) is 5.32 Å². The number of thiophene rings is 1. The first kappa shape index (κ1) is 21.6. The van der Waals surface area contributed by atoms with Crippen molar-refractivity contribution in [1.82, 2.24) is 9.62 Å². The Hall–Kier alpha value is -2.65. The van der Waals surface area contributed by atoms with Crippen LogP contribution >= 0.6 is 22.9 Å². The Labute approximate surface area is 189 Å². The van der Waals surface area contributed by atoms with Gasteiger partial charge in [-0.3, -0.25) is 4.79 Å². The standard InChI is InChI=1S/C22H19ClN2O4S2/c1-25(31(27,28)21-12-11-19(23)30-21)14-20(26)24-22(15-7-3-2-4-8-15)18-13-16-9-5-6-10-17(16)29-18/h2-13,22H,14H2,1H3,(H,24,26). The molecule has 160 valence electrons. The summed E-state index contributed by atoms with van der Waals surface area (Å²) in [6.45, 7) is -0.346. The minimum Gasteiger partial charge on any atom is -0.459 e. The maximum atomic E-state index is 12.8. The number of likely N-dealkylation sites (N-methyl/N-ethyl adjacent to an activating group) is 1. The Bertz CT molecular complexity index is 1280. The van der Waals surface area contributed by atoms with Gasteiger partial charge in [-0.15, -0.1) is 11.3 Å². The smallest absolute Gasteiger partial charge is 0.252 e. The molecule has 2 aromatic carbocycles. The molecule has 1 amide bonds. The summed E-state index contributed by atoms with van der Waals surface area (Å²) in [5.74, 6) is 0.110. The molecule has 2 aromatic heterocycles. The molecule has 0 saturated heterocycles. The highest BCUT2D eigenvalue weighted by Crippen LogP contribution is 2.29. The van der Waals surface area contributed by atoms with Gasteiger partial charge >= 0.3 is 0 Å². The monoisotopic (exact) mass is 474 g/mol. The zero-order valence-corrected chi connectivity index (χ0v) is 18.9. The van der Waals surface area contributed by atoms with Crippen molar-refractivity contribution in [2.75, 3.05) is 13.6 Å². The first-order chi connectivity index (χ1) is 14.8. The van der Waals surface area contributed by atoms with Crippen LogP contribution in [0.15, 0.2) is 81.4 Å². The highest BCUT2D eigenvalue weighted by atomic mass is 35.5. The number of fused-ring (bicyclic) bond motifs is 1. The zero-order valence-electron chi connectivity index (χ0n) is 16.5. The third kappa shape index (κ3) is 4.67. The van der Waals surface area contributed by atoms with E-state index in [1.807, 2.05) is 60.7 Å². The number of sulfonamides is 1. The van der Waals surface area contributed by atoms with Crippen molar-refractivity contribution in [3.8, 4) is 0 Å². The normalized spacial score (nSPS) is 12.9. The molecule has 1 atom stereocenters. The van der Waals surface area contributed by atoms with Crippen LogP contribution in [0.25, 0.3) is 11.0 Å². The lowest BCUT2D eigenvalue weighted by Gasteiger charge is -2.20. The van der Waals surface area contributed by atoms with Gasteiger partial charge in [-0.25, -0.2) is 8.42 Å². The molecule has 4 aromatic rings. The average Bonchev–Trinajstić information content (AvgIpc) is 3.39. The van der Waals surface area contributed by atoms with Crippen molar-refractivity contribution >= 4 is 49.8 Å². The predicted octanol–water partition coefficient (Wildman–Crippen LogP) is 4.67. The second-order valence-electron chi connectivity index (χ2n) is 6.92. The predicted molar refractivity (Wildman–Crippen MR) is 122 cm³/mol. The fourth-order valence-electron chi connectivity index (χ4n) is 3.19. The fourth-order valence-corrected chi connectivity index (χ4v) is 6.01. The first-order valence-corrected chi connectivity index (χ1v) is 12.0. The van der Waals surface area contributed by atoms with Crippen LogP contribution < -0.4 is 5.32 Å². The number of hydrogen-bond acceptors (Lipinski definition) is 5. The fraction of sp³-hybridized carbons (Fsp3) is 0.136. The van der Waals surface area contributed by atoms with Crippen molar-refractivity contribution < 1.29 is 17.6 Å². The molecule has 0 fully saturated rings. The van der Waals surface area contributed by atoms with E-state index in [9.17, 15) is 13.2 Å². The Morgan fingerprint density at radius 2 is 1.81 bits per heavy atom. The van der Waals surface area contributed by atoms with Crippen LogP contribution in [0.2, 0.25) is 4.34 Å². The zero-order chi connectivity index (χ0) is 22.0. The number of carbonyl (C=O) groups is 1. The Morgan fingerprint density at radius 1 is 1.10 bits per heavy atom. The lowest BCUT2D eigenvalue weighted by atomic mass is 10.0. The summed E-state index contributed by atoms with van der Waals surface area (Å²) in [5, 5.41) is 3.83. The summed E-state index contributed by atoms with van der Waals surface area (Å²) in [5.41, 5.74) is 1.53. The lowest BCUT2D eigenvalue weighted by molar-refractivity contribution is -0.121. The van der Waals surface area contributed by atoms with Gasteiger partial charge in [0.15, 0.2) is 0 Å². The van der Waals surface area contributed by atoms with Crippen LogP contribution in [-0.4, -0.2) is 32.2 Å². The number of halogens is 1. The molecule has 31 heavy (non-hydrogen) atoms. The SMILES string of the molecule is CN(CC(=O)NC(c1ccccc1)c1cc2ccccc2o1)S(=O)(=O)c1ccc(Cl)s1. The van der Waals surface area contributed by atoms with E-state index < -0.39 is 22.0 Å². The van der Waals surface area contributed by atoms with Crippen LogP contribution in [-0.2, 0) is 14.8 Å². The molecule has 6 nitrogen and oxygen atoms in total. The summed E-state index contributed by atoms with van der Waals surface area (Å²) in [7, 11) is -2.45. The summed E-state index contributed by atoms with van der Waals surface area (Å²) in [6.07, 6.45) is 0. The summed E-state index contributed by atoms with van der Waals surface area (Å²) in [4.78, 5) is 12.8. The maximum Gasteiger partial charge on any atom is 0.252 e. The van der Waals surface area contributed by atoms with E-state index in [0.717, 1.165) is 26.6 Å². The lowest BCUT2D eigenvalue weighted by Crippen LogP contribution is -2.39. The van der Waals surface area contributed by atoms with Crippen molar-refractivity contribution in [2.45, 2.75) is 10.3 Å². The van der Waals surface area contributed by atoms with Crippen molar-refractivity contribution in [1.29, 1.82) is 0 Å². The topological polar surface area (TPSA) is 79.6 Å². The van der Waals surface area contributed by atoms with Crippen molar-refractivity contribution in [2.24, 2.45) is 0 Å². The molecular formula is C22H19ClN2O4S2. The number of rotatable bonds is 7. The quantitative estimate of drug-likeness (QED) is 0.422. The molecule has 0 aliphatic heterocycles. The number of carbonyl (C=O) groups excluding carboxylic acids is 1. The van der Waals surface area contributed by atoms with Crippen LogP contribution in [0.5, 0.6) is 0 Å². The van der Waals surface area contributed by atoms with Gasteiger partial charge in [-0.2, -0.15) is 4.31 Å². The summed E-state index contributed by atoms with van der Waals surface area (Å²) in [6, 6.07) is 21.2. The highest BCUT2D eigenvalue weighted by molar-refractivity contribution is 7.91. The Morgan fingerprint density at radius 3 is 2.48 bits per heavy atom. The van der Waals surface area contributed by atoms with Gasteiger partial charge in [-0.05, 0) is 29.8 Å². The third-order valence-electron chi connectivity index (χ3n) is 4.75. The minimum atomic E-state index is -3.82. The highest BCUT2D eigenvalue weighted by Gasteiger charge is 2.27. The molecule has 1 N–H and O–H groups in total. The van der Waals surface area contributed by atoms with Crippen LogP contribution in [0, 0.1) is 0 Å². The number of furan rings is 1. The molecule has 0 bridgehead atoms. The number of amides is 1. The number of nitrogens with zero attached hydrogens (tertiary/aromatic N) is 1. The molecule has 0 aliphatic rings. The number of hydrogen-bond donors (Lipinski definition) is 1. The van der Waals surface area contributed by atoms with E-state index in [4.69, 9.17) is 16.0 Å². The van der Waals surface area contributed by atoms with Crippen LogP contribution in [0.3, 0.4) is 0 Å². The molecular weight excluding hydrogens is 456 g/mol. The summed E-state index contributed by atoms with van der Waals surface area (Å²) >= 11 is 6.81. The second-order valence-corrected chi connectivity index (χ2v) is 10.9.